The number of fused-ring (bicyclic) bond motifs is 1. The van der Waals surface area contributed by atoms with Crippen molar-refractivity contribution in [3.8, 4) is 5.75 Å². The Hall–Kier alpha value is -2.72. The Morgan fingerprint density at radius 1 is 1.12 bits per heavy atom. The van der Waals surface area contributed by atoms with Gasteiger partial charge in [0, 0.05) is 57.4 Å². The minimum absolute atomic E-state index is 0.0543. The van der Waals surface area contributed by atoms with Gasteiger partial charge < -0.3 is 24.8 Å². The lowest BCUT2D eigenvalue weighted by atomic mass is 10.1. The van der Waals surface area contributed by atoms with E-state index >= 15 is 0 Å². The summed E-state index contributed by atoms with van der Waals surface area (Å²) in [6.07, 6.45) is 4.23. The lowest BCUT2D eigenvalue weighted by Gasteiger charge is -2.33. The van der Waals surface area contributed by atoms with Crippen LogP contribution >= 0.6 is 0 Å². The molecule has 2 aromatic rings. The molecule has 9 nitrogen and oxygen atoms in total. The zero-order chi connectivity index (χ0) is 22.8. The molecule has 0 amide bonds. The van der Waals surface area contributed by atoms with Crippen LogP contribution in [0.25, 0.3) is 0 Å². The summed E-state index contributed by atoms with van der Waals surface area (Å²) >= 11 is 0. The largest absolute Gasteiger partial charge is 0.490 e. The molecule has 33 heavy (non-hydrogen) atoms. The van der Waals surface area contributed by atoms with Crippen LogP contribution in [0.1, 0.15) is 41.7 Å². The van der Waals surface area contributed by atoms with E-state index in [1.54, 1.807) is 24.3 Å². The lowest BCUT2D eigenvalue weighted by Crippen LogP contribution is -2.39. The van der Waals surface area contributed by atoms with Crippen molar-refractivity contribution in [3.05, 3.63) is 35.5 Å². The van der Waals surface area contributed by atoms with Gasteiger partial charge in [-0.15, -0.1) is 0 Å². The van der Waals surface area contributed by atoms with Gasteiger partial charge in [0.25, 0.3) is 0 Å². The SMILES string of the molecule is O=C(O)c1ccc(OC2CCN(c3nc4c(c(NC5CCOCC5)n3)[S@@](=O)CC4)CC2)cc1. The maximum atomic E-state index is 12.6. The Morgan fingerprint density at radius 3 is 2.55 bits per heavy atom. The summed E-state index contributed by atoms with van der Waals surface area (Å²) in [6.45, 7) is 2.98. The normalized spacial score (nSPS) is 21.6. The number of nitrogens with one attached hydrogen (secondary N) is 1. The second kappa shape index (κ2) is 9.64. The first-order chi connectivity index (χ1) is 16.1. The Morgan fingerprint density at radius 2 is 1.85 bits per heavy atom. The maximum absolute atomic E-state index is 12.6. The van der Waals surface area contributed by atoms with E-state index in [9.17, 15) is 9.00 Å². The predicted molar refractivity (Wildman–Crippen MR) is 124 cm³/mol. The molecule has 176 valence electrons. The second-order valence-corrected chi connectivity index (χ2v) is 10.1. The third-order valence-corrected chi connectivity index (χ3v) is 7.83. The standard InChI is InChI=1S/C23H28N4O5S/c28-22(29)15-1-3-17(4-2-15)32-18-5-10-27(11-6-18)23-25-19-9-14-33(30)20(19)21(26-23)24-16-7-12-31-13-8-16/h1-4,16,18H,5-14H2,(H,28,29)(H,24,25,26)/t33-/m0/s1. The van der Waals surface area contributed by atoms with Gasteiger partial charge in [-0.05, 0) is 37.1 Å². The summed E-state index contributed by atoms with van der Waals surface area (Å²) in [5.74, 6) is 1.74. The molecular formula is C23H28N4O5S. The summed E-state index contributed by atoms with van der Waals surface area (Å²) < 4.78 is 24.1. The van der Waals surface area contributed by atoms with Crippen LogP contribution in [0.2, 0.25) is 0 Å². The van der Waals surface area contributed by atoms with Crippen molar-refractivity contribution in [2.24, 2.45) is 0 Å². The van der Waals surface area contributed by atoms with Crippen LogP contribution < -0.4 is 15.0 Å². The second-order valence-electron chi connectivity index (χ2n) is 8.61. The number of rotatable bonds is 6. The zero-order valence-electron chi connectivity index (χ0n) is 18.4. The van der Waals surface area contributed by atoms with E-state index in [1.807, 2.05) is 0 Å². The number of carbonyl (C=O) groups is 1. The Labute approximate surface area is 195 Å². The van der Waals surface area contributed by atoms with Gasteiger partial charge in [-0.2, -0.15) is 4.98 Å². The van der Waals surface area contributed by atoms with Crippen LogP contribution in [0.4, 0.5) is 11.8 Å². The van der Waals surface area contributed by atoms with Gasteiger partial charge in [-0.25, -0.2) is 9.78 Å². The van der Waals surface area contributed by atoms with Gasteiger partial charge in [0.1, 0.15) is 22.6 Å². The monoisotopic (exact) mass is 472 g/mol. The number of aryl methyl sites for hydroxylation is 1. The molecule has 0 unspecified atom stereocenters. The number of benzene rings is 1. The third kappa shape index (κ3) is 4.96. The summed E-state index contributed by atoms with van der Waals surface area (Å²) in [5, 5.41) is 12.6. The fourth-order valence-corrected chi connectivity index (χ4v) is 5.81. The van der Waals surface area contributed by atoms with E-state index in [0.717, 1.165) is 68.4 Å². The molecule has 2 N–H and O–H groups in total. The first kappa shape index (κ1) is 22.1. The molecule has 1 aromatic heterocycles. The summed E-state index contributed by atoms with van der Waals surface area (Å²) in [5.41, 5.74) is 1.14. The Bertz CT molecular complexity index is 1030. The highest BCUT2D eigenvalue weighted by Gasteiger charge is 2.30. The molecule has 1 atom stereocenters. The smallest absolute Gasteiger partial charge is 0.335 e. The van der Waals surface area contributed by atoms with E-state index in [-0.39, 0.29) is 17.7 Å². The molecule has 4 heterocycles. The van der Waals surface area contributed by atoms with Crippen molar-refractivity contribution >= 4 is 28.5 Å². The molecule has 10 heteroatoms. The number of aromatic carboxylic acids is 1. The van der Waals surface area contributed by atoms with Crippen molar-refractivity contribution < 1.29 is 23.6 Å². The number of ether oxygens (including phenoxy) is 2. The van der Waals surface area contributed by atoms with Gasteiger partial charge >= 0.3 is 5.97 Å². The Kier molecular flexibility index (Phi) is 6.45. The van der Waals surface area contributed by atoms with Crippen molar-refractivity contribution in [2.45, 2.75) is 49.1 Å². The van der Waals surface area contributed by atoms with Crippen molar-refractivity contribution in [1.29, 1.82) is 0 Å². The molecular weight excluding hydrogens is 444 g/mol. The molecule has 5 rings (SSSR count). The van der Waals surface area contributed by atoms with Crippen molar-refractivity contribution in [3.63, 3.8) is 0 Å². The minimum Gasteiger partial charge on any atom is -0.490 e. The number of carboxylic acid groups (broad SMARTS) is 1. The number of nitrogens with zero attached hydrogens (tertiary/aromatic N) is 3. The molecule has 0 bridgehead atoms. The van der Waals surface area contributed by atoms with E-state index in [0.29, 0.717) is 23.9 Å². The summed E-state index contributed by atoms with van der Waals surface area (Å²) in [6, 6.07) is 6.79. The average Bonchev–Trinajstić information content (AvgIpc) is 3.21. The molecule has 0 spiro atoms. The molecule has 0 aliphatic carbocycles. The topological polar surface area (TPSA) is 114 Å². The highest BCUT2D eigenvalue weighted by atomic mass is 32.2. The average molecular weight is 473 g/mol. The van der Waals surface area contributed by atoms with Crippen LogP contribution in [0.5, 0.6) is 5.75 Å². The lowest BCUT2D eigenvalue weighted by molar-refractivity contribution is 0.0696. The molecule has 3 aliphatic heterocycles. The number of hydrogen-bond acceptors (Lipinski definition) is 8. The molecule has 0 saturated carbocycles. The van der Waals surface area contributed by atoms with E-state index < -0.39 is 16.8 Å². The van der Waals surface area contributed by atoms with E-state index in [4.69, 9.17) is 24.5 Å². The van der Waals surface area contributed by atoms with Gasteiger partial charge in [0.05, 0.1) is 22.1 Å². The number of carboxylic acids is 1. The van der Waals surface area contributed by atoms with Gasteiger partial charge in [-0.1, -0.05) is 0 Å². The van der Waals surface area contributed by atoms with Crippen LogP contribution in [-0.2, 0) is 22.0 Å². The highest BCUT2D eigenvalue weighted by molar-refractivity contribution is 7.85. The Balaban J connectivity index is 1.26. The molecule has 0 radical (unpaired) electrons. The number of aromatic nitrogens is 2. The highest BCUT2D eigenvalue weighted by Crippen LogP contribution is 2.32. The van der Waals surface area contributed by atoms with Crippen LogP contribution in [0.15, 0.2) is 29.2 Å². The van der Waals surface area contributed by atoms with E-state index in [2.05, 4.69) is 10.2 Å². The fraction of sp³-hybridized carbons (Fsp3) is 0.522. The van der Waals surface area contributed by atoms with Crippen LogP contribution in [0.3, 0.4) is 0 Å². The number of anilines is 2. The van der Waals surface area contributed by atoms with Gasteiger partial charge in [-0.3, -0.25) is 4.21 Å². The van der Waals surface area contributed by atoms with Crippen LogP contribution in [0, 0.1) is 0 Å². The number of hydrogen-bond donors (Lipinski definition) is 2. The van der Waals surface area contributed by atoms with E-state index in [1.165, 1.54) is 0 Å². The summed E-state index contributed by atoms with van der Waals surface area (Å²) in [4.78, 5) is 23.6. The predicted octanol–water partition coefficient (Wildman–Crippen LogP) is 2.48. The first-order valence-electron chi connectivity index (χ1n) is 11.5. The quantitative estimate of drug-likeness (QED) is 0.654. The zero-order valence-corrected chi connectivity index (χ0v) is 19.2. The van der Waals surface area contributed by atoms with Gasteiger partial charge in [0.15, 0.2) is 0 Å². The summed E-state index contributed by atoms with van der Waals surface area (Å²) in [7, 11) is -1.05. The molecule has 2 fully saturated rings. The first-order valence-corrected chi connectivity index (χ1v) is 12.8. The fourth-order valence-electron chi connectivity index (χ4n) is 4.50. The van der Waals surface area contributed by atoms with Crippen molar-refractivity contribution in [2.75, 3.05) is 42.3 Å². The maximum Gasteiger partial charge on any atom is 0.335 e. The number of piperidine rings is 1. The minimum atomic E-state index is -1.05. The van der Waals surface area contributed by atoms with Crippen molar-refractivity contribution in [1.82, 2.24) is 9.97 Å². The van der Waals surface area contributed by atoms with Crippen LogP contribution in [-0.4, -0.2) is 69.5 Å². The molecule has 1 aromatic carbocycles. The molecule has 2 saturated heterocycles. The third-order valence-electron chi connectivity index (χ3n) is 6.37. The molecule has 3 aliphatic rings. The van der Waals surface area contributed by atoms with Gasteiger partial charge in [0.2, 0.25) is 5.95 Å².